The summed E-state index contributed by atoms with van der Waals surface area (Å²) >= 11 is 0. The Kier molecular flexibility index (Phi) is 10.0. The second kappa shape index (κ2) is 14.0. The average molecular weight is 618 g/mol. The van der Waals surface area contributed by atoms with Crippen LogP contribution in [-0.4, -0.2) is 30.7 Å². The van der Waals surface area contributed by atoms with Crippen LogP contribution in [0.4, 0.5) is 28.4 Å². The first kappa shape index (κ1) is 30.6. The highest BCUT2D eigenvalue weighted by atomic mass is 32.2. The molecule has 5 aromatic rings. The molecule has 3 N–H and O–H groups in total. The Morgan fingerprint density at radius 1 is 0.674 bits per heavy atom. The topological polar surface area (TPSA) is 187 Å². The summed E-state index contributed by atoms with van der Waals surface area (Å²) < 4.78 is 59.6. The molecule has 0 saturated heterocycles. The van der Waals surface area contributed by atoms with Gasteiger partial charge in [-0.05, 0) is 71.6 Å². The highest BCUT2D eigenvalue weighted by Gasteiger charge is 2.22. The normalized spacial score (nSPS) is 11.4. The highest BCUT2D eigenvalue weighted by molar-refractivity contribution is 7.86. The third kappa shape index (κ3) is 8.84. The maximum Gasteiger partial charge on any atom is 0.425 e. The fourth-order valence-corrected chi connectivity index (χ4v) is 4.52. The number of nitrogens with zero attached hydrogens (tertiary/aromatic N) is 4. The highest BCUT2D eigenvalue weighted by Crippen LogP contribution is 2.42. The van der Waals surface area contributed by atoms with E-state index in [2.05, 4.69) is 25.8 Å². The molecule has 0 aliphatic carbocycles. The van der Waals surface area contributed by atoms with Crippen molar-refractivity contribution in [2.24, 2.45) is 20.5 Å². The van der Waals surface area contributed by atoms with Crippen molar-refractivity contribution in [2.45, 2.75) is 11.4 Å². The molecule has 0 saturated carbocycles. The predicted molar refractivity (Wildman–Crippen MR) is 160 cm³/mol. The average Bonchev–Trinajstić information content (AvgIpc) is 2.99. The Bertz CT molecular complexity index is 2000. The molecular formula is C29H23N5O7S2. The molecule has 0 aliphatic heterocycles. The van der Waals surface area contributed by atoms with Crippen LogP contribution in [0.15, 0.2) is 135 Å². The van der Waals surface area contributed by atoms with E-state index in [0.717, 1.165) is 5.56 Å². The molecule has 0 bridgehead atoms. The predicted octanol–water partition coefficient (Wildman–Crippen LogP) is 7.23. The van der Waals surface area contributed by atoms with E-state index in [4.69, 9.17) is 12.6 Å². The zero-order valence-electron chi connectivity index (χ0n) is 22.1. The molecule has 0 amide bonds. The van der Waals surface area contributed by atoms with Gasteiger partial charge in [0.1, 0.15) is 10.6 Å². The van der Waals surface area contributed by atoms with Gasteiger partial charge in [0.25, 0.3) is 10.1 Å². The van der Waals surface area contributed by atoms with Gasteiger partial charge < -0.3 is 10.4 Å². The number of rotatable bonds is 8. The standard InChI is InChI=1S/C29H23N5O4S.O3S/c35-29-26-16-15-25(30-19-20-7-3-1-4-8-20)17-21(26)18-27(39(36,37)38)28(29)34-33-24-13-11-23(12-14-24)32-31-22-9-5-2-6-10-22;1-4(2)3/h1-18,30,35H,19H2,(H,36,37,38);. The van der Waals surface area contributed by atoms with E-state index in [1.807, 2.05) is 60.7 Å². The van der Waals surface area contributed by atoms with Crippen LogP contribution >= 0.6 is 0 Å². The van der Waals surface area contributed by atoms with Crippen LogP contribution in [0, 0.1) is 0 Å². The summed E-state index contributed by atoms with van der Waals surface area (Å²) in [5.41, 5.74) is 3.11. The molecule has 0 heterocycles. The van der Waals surface area contributed by atoms with Crippen molar-refractivity contribution in [3.05, 3.63) is 115 Å². The maximum atomic E-state index is 12.2. The Balaban J connectivity index is 0.000000996. The van der Waals surface area contributed by atoms with Gasteiger partial charge in [-0.2, -0.15) is 23.8 Å². The number of phenolic OH excluding ortho intramolecular Hbond substituents is 1. The van der Waals surface area contributed by atoms with Gasteiger partial charge in [0.05, 0.1) is 17.1 Å². The van der Waals surface area contributed by atoms with Crippen molar-refractivity contribution in [2.75, 3.05) is 5.32 Å². The van der Waals surface area contributed by atoms with Gasteiger partial charge in [-0.15, -0.1) is 17.7 Å². The summed E-state index contributed by atoms with van der Waals surface area (Å²) in [4.78, 5) is -0.551. The second-order valence-electron chi connectivity index (χ2n) is 8.78. The lowest BCUT2D eigenvalue weighted by Crippen LogP contribution is -2.00. The maximum absolute atomic E-state index is 12.2. The molecule has 0 atom stereocenters. The number of hydrogen-bond acceptors (Lipinski definition) is 11. The number of nitrogens with one attached hydrogen (secondary N) is 1. The fraction of sp³-hybridized carbons (Fsp3) is 0.0345. The lowest BCUT2D eigenvalue weighted by molar-refractivity contribution is 0.472. The summed E-state index contributed by atoms with van der Waals surface area (Å²) in [6, 6.07) is 32.0. The van der Waals surface area contributed by atoms with Crippen molar-refractivity contribution < 1.29 is 30.7 Å². The van der Waals surface area contributed by atoms with Crippen LogP contribution in [0.25, 0.3) is 10.8 Å². The number of fused-ring (bicyclic) bond motifs is 1. The van der Waals surface area contributed by atoms with Crippen molar-refractivity contribution >= 4 is 59.9 Å². The second-order valence-corrected chi connectivity index (χ2v) is 10.6. The van der Waals surface area contributed by atoms with Gasteiger partial charge in [-0.3, -0.25) is 4.55 Å². The smallest absolute Gasteiger partial charge is 0.425 e. The number of hydrogen-bond donors (Lipinski definition) is 3. The minimum Gasteiger partial charge on any atom is -0.505 e. The van der Waals surface area contributed by atoms with Crippen molar-refractivity contribution in [1.29, 1.82) is 0 Å². The molecule has 14 heteroatoms. The van der Waals surface area contributed by atoms with Crippen molar-refractivity contribution in [1.82, 2.24) is 0 Å². The van der Waals surface area contributed by atoms with Gasteiger partial charge in [-0.1, -0.05) is 48.5 Å². The number of aromatic hydroxyl groups is 1. The monoisotopic (exact) mass is 617 g/mol. The molecule has 0 fully saturated rings. The minimum atomic E-state index is -4.72. The Labute approximate surface area is 247 Å². The van der Waals surface area contributed by atoms with Gasteiger partial charge >= 0.3 is 10.6 Å². The van der Waals surface area contributed by atoms with E-state index in [1.54, 1.807) is 42.5 Å². The zero-order chi connectivity index (χ0) is 30.8. The van der Waals surface area contributed by atoms with Crippen LogP contribution in [-0.2, 0) is 27.3 Å². The van der Waals surface area contributed by atoms with Crippen LogP contribution in [0.1, 0.15) is 5.56 Å². The lowest BCUT2D eigenvalue weighted by Gasteiger charge is -2.11. The third-order valence-electron chi connectivity index (χ3n) is 5.82. The molecule has 218 valence electrons. The SMILES string of the molecule is O=S(=O)(O)c1cc2cc(NCc3ccccc3)ccc2c(O)c1N=Nc1ccc(N=Nc2ccccc2)cc1.O=S(=O)=O. The van der Waals surface area contributed by atoms with Gasteiger partial charge in [0, 0.05) is 17.6 Å². The summed E-state index contributed by atoms with van der Waals surface area (Å²) in [5.74, 6) is -0.410. The molecule has 0 aromatic heterocycles. The van der Waals surface area contributed by atoms with Crippen molar-refractivity contribution in [3.8, 4) is 5.75 Å². The first-order chi connectivity index (χ1) is 20.6. The van der Waals surface area contributed by atoms with Crippen LogP contribution < -0.4 is 5.32 Å². The zero-order valence-corrected chi connectivity index (χ0v) is 23.8. The van der Waals surface area contributed by atoms with E-state index in [-0.39, 0.29) is 5.69 Å². The Morgan fingerprint density at radius 2 is 1.19 bits per heavy atom. The molecule has 0 aliphatic rings. The first-order valence-electron chi connectivity index (χ1n) is 12.4. The van der Waals surface area contributed by atoms with E-state index >= 15 is 0 Å². The molecule has 12 nitrogen and oxygen atoms in total. The number of phenols is 1. The molecule has 5 rings (SSSR count). The quantitative estimate of drug-likeness (QED) is 0.120. The van der Waals surface area contributed by atoms with Crippen LogP contribution in [0.5, 0.6) is 5.75 Å². The van der Waals surface area contributed by atoms with Gasteiger partial charge in [0.2, 0.25) is 0 Å². The Morgan fingerprint density at radius 3 is 1.74 bits per heavy atom. The van der Waals surface area contributed by atoms with E-state index in [9.17, 15) is 18.1 Å². The van der Waals surface area contributed by atoms with Gasteiger partial charge in [0.15, 0.2) is 5.75 Å². The third-order valence-corrected chi connectivity index (χ3v) is 6.69. The van der Waals surface area contributed by atoms with Crippen LogP contribution in [0.3, 0.4) is 0 Å². The van der Waals surface area contributed by atoms with E-state index < -0.39 is 31.4 Å². The number of azo groups is 2. The molecule has 0 unspecified atom stereocenters. The van der Waals surface area contributed by atoms with Gasteiger partial charge in [-0.25, -0.2) is 0 Å². The lowest BCUT2D eigenvalue weighted by atomic mass is 10.1. The number of anilines is 1. The molecular weight excluding hydrogens is 594 g/mol. The molecule has 0 radical (unpaired) electrons. The summed E-state index contributed by atoms with van der Waals surface area (Å²) in [5, 5.41) is 31.3. The summed E-state index contributed by atoms with van der Waals surface area (Å²) in [6.45, 7) is 0.558. The molecule has 5 aromatic carbocycles. The van der Waals surface area contributed by atoms with Crippen LogP contribution in [0.2, 0.25) is 0 Å². The largest absolute Gasteiger partial charge is 0.505 e. The number of benzene rings is 5. The summed E-state index contributed by atoms with van der Waals surface area (Å²) in [6.07, 6.45) is 0. The first-order valence-corrected chi connectivity index (χ1v) is 14.8. The Hall–Kier alpha value is -5.31. The summed E-state index contributed by atoms with van der Waals surface area (Å²) in [7, 11) is -7.83. The minimum absolute atomic E-state index is 0.358. The van der Waals surface area contributed by atoms with E-state index in [1.165, 1.54) is 6.07 Å². The fourth-order valence-electron chi connectivity index (χ4n) is 3.86. The molecule has 0 spiro atoms. The van der Waals surface area contributed by atoms with Crippen molar-refractivity contribution in [3.63, 3.8) is 0 Å². The van der Waals surface area contributed by atoms with E-state index in [0.29, 0.717) is 40.1 Å². The molecule has 43 heavy (non-hydrogen) atoms.